The first-order valence-electron chi connectivity index (χ1n) is 10.4. The minimum atomic E-state index is -0.164. The van der Waals surface area contributed by atoms with Crippen LogP contribution in [0.2, 0.25) is 10.0 Å². The molecule has 5 nitrogen and oxygen atoms in total. The van der Waals surface area contributed by atoms with E-state index in [0.29, 0.717) is 22.2 Å². The summed E-state index contributed by atoms with van der Waals surface area (Å²) >= 11 is 12.2. The molecule has 164 valence electrons. The zero-order valence-corrected chi connectivity index (χ0v) is 19.8. The summed E-state index contributed by atoms with van der Waals surface area (Å²) in [5.41, 5.74) is 5.55. The molecular weight excluding hydrogens is 431 g/mol. The maximum Gasteiger partial charge on any atom is 0.259 e. The number of halogens is 2. The van der Waals surface area contributed by atoms with E-state index in [1.54, 1.807) is 12.3 Å². The Kier molecular flexibility index (Phi) is 7.76. The van der Waals surface area contributed by atoms with Gasteiger partial charge < -0.3 is 10.6 Å². The van der Waals surface area contributed by atoms with Crippen LogP contribution >= 0.6 is 23.2 Å². The summed E-state index contributed by atoms with van der Waals surface area (Å²) in [5.74, 6) is -0.0434. The second-order valence-corrected chi connectivity index (χ2v) is 8.69. The van der Waals surface area contributed by atoms with Crippen molar-refractivity contribution in [2.24, 2.45) is 0 Å². The van der Waals surface area contributed by atoms with Gasteiger partial charge in [-0.2, -0.15) is 5.10 Å². The second-order valence-electron chi connectivity index (χ2n) is 7.88. The van der Waals surface area contributed by atoms with E-state index in [0.717, 1.165) is 35.6 Å². The van der Waals surface area contributed by atoms with Gasteiger partial charge in [-0.15, -0.1) is 0 Å². The summed E-state index contributed by atoms with van der Waals surface area (Å²) in [6, 6.07) is 11.5. The van der Waals surface area contributed by atoms with Crippen LogP contribution in [-0.4, -0.2) is 22.2 Å². The van der Waals surface area contributed by atoms with Crippen molar-refractivity contribution in [1.29, 1.82) is 0 Å². The van der Waals surface area contributed by atoms with Gasteiger partial charge in [-0.3, -0.25) is 9.48 Å². The Balaban J connectivity index is 1.81. The Bertz CT molecular complexity index is 1080. The van der Waals surface area contributed by atoms with Gasteiger partial charge in [0.2, 0.25) is 0 Å². The van der Waals surface area contributed by atoms with Gasteiger partial charge in [0, 0.05) is 12.2 Å². The number of carbonyl (C=O) groups excluding carboxylic acids is 1. The number of hydrogen-bond donors (Lipinski definition) is 2. The summed E-state index contributed by atoms with van der Waals surface area (Å²) in [5, 5.41) is 11.8. The molecule has 0 aliphatic carbocycles. The van der Waals surface area contributed by atoms with E-state index in [1.807, 2.05) is 35.0 Å². The van der Waals surface area contributed by atoms with E-state index in [-0.39, 0.29) is 11.8 Å². The molecule has 1 heterocycles. The molecule has 1 amide bonds. The lowest BCUT2D eigenvalue weighted by Crippen LogP contribution is -2.17. The van der Waals surface area contributed by atoms with Crippen molar-refractivity contribution in [3.63, 3.8) is 0 Å². The standard InChI is InChI=1S/C24H28Cl2N4O/c1-5-27-12-18-7-8-19(10-16(18)4)29-24(31)20-13-28-30(23(20)15(2)3)14-17-6-9-21(25)22(26)11-17/h6-11,13,15,27H,5,12,14H2,1-4H3,(H,29,31). The van der Waals surface area contributed by atoms with Crippen molar-refractivity contribution < 1.29 is 4.79 Å². The van der Waals surface area contributed by atoms with Crippen LogP contribution in [0.4, 0.5) is 5.69 Å². The average molecular weight is 459 g/mol. The van der Waals surface area contributed by atoms with Crippen molar-refractivity contribution in [3.05, 3.63) is 80.6 Å². The van der Waals surface area contributed by atoms with Crippen LogP contribution in [-0.2, 0) is 13.1 Å². The molecule has 7 heteroatoms. The predicted molar refractivity (Wildman–Crippen MR) is 128 cm³/mol. The molecule has 0 aliphatic heterocycles. The first kappa shape index (κ1) is 23.3. The first-order chi connectivity index (χ1) is 14.8. The number of rotatable bonds is 8. The molecular formula is C24H28Cl2N4O. The molecule has 0 unspecified atom stereocenters. The number of hydrogen-bond acceptors (Lipinski definition) is 3. The largest absolute Gasteiger partial charge is 0.322 e. The number of amides is 1. The molecule has 0 saturated carbocycles. The highest BCUT2D eigenvalue weighted by molar-refractivity contribution is 6.42. The number of nitrogens with zero attached hydrogens (tertiary/aromatic N) is 2. The third-order valence-electron chi connectivity index (χ3n) is 5.15. The fraction of sp³-hybridized carbons (Fsp3) is 0.333. The fourth-order valence-corrected chi connectivity index (χ4v) is 3.87. The Morgan fingerprint density at radius 2 is 1.90 bits per heavy atom. The Morgan fingerprint density at radius 3 is 2.55 bits per heavy atom. The smallest absolute Gasteiger partial charge is 0.259 e. The van der Waals surface area contributed by atoms with Crippen molar-refractivity contribution in [1.82, 2.24) is 15.1 Å². The van der Waals surface area contributed by atoms with E-state index in [4.69, 9.17) is 23.2 Å². The van der Waals surface area contributed by atoms with Crippen molar-refractivity contribution in [3.8, 4) is 0 Å². The minimum Gasteiger partial charge on any atom is -0.322 e. The van der Waals surface area contributed by atoms with Gasteiger partial charge in [0.15, 0.2) is 0 Å². The predicted octanol–water partition coefficient (Wildman–Crippen LogP) is 6.03. The van der Waals surface area contributed by atoms with Crippen LogP contribution in [0.15, 0.2) is 42.6 Å². The van der Waals surface area contributed by atoms with Crippen molar-refractivity contribution in [2.45, 2.75) is 46.7 Å². The highest BCUT2D eigenvalue weighted by Gasteiger charge is 2.20. The van der Waals surface area contributed by atoms with Crippen LogP contribution in [0.5, 0.6) is 0 Å². The summed E-state index contributed by atoms with van der Waals surface area (Å²) in [4.78, 5) is 13.1. The maximum absolute atomic E-state index is 13.1. The van der Waals surface area contributed by atoms with Crippen LogP contribution in [0, 0.1) is 6.92 Å². The van der Waals surface area contributed by atoms with Crippen LogP contribution in [0.25, 0.3) is 0 Å². The average Bonchev–Trinajstić information content (AvgIpc) is 3.14. The Hall–Kier alpha value is -2.34. The van der Waals surface area contributed by atoms with Gasteiger partial charge in [0.1, 0.15) is 0 Å². The molecule has 0 spiro atoms. The van der Waals surface area contributed by atoms with Crippen molar-refractivity contribution >= 4 is 34.8 Å². The molecule has 0 saturated heterocycles. The molecule has 3 rings (SSSR count). The highest BCUT2D eigenvalue weighted by Crippen LogP contribution is 2.26. The van der Waals surface area contributed by atoms with E-state index in [9.17, 15) is 4.79 Å². The molecule has 0 radical (unpaired) electrons. The van der Waals surface area contributed by atoms with Gasteiger partial charge >= 0.3 is 0 Å². The second kappa shape index (κ2) is 10.3. The monoisotopic (exact) mass is 458 g/mol. The lowest BCUT2D eigenvalue weighted by Gasteiger charge is -2.14. The number of aryl methyl sites for hydroxylation is 1. The lowest BCUT2D eigenvalue weighted by molar-refractivity contribution is 0.102. The first-order valence-corrected chi connectivity index (χ1v) is 11.2. The number of anilines is 1. The number of nitrogens with one attached hydrogen (secondary N) is 2. The van der Waals surface area contributed by atoms with Crippen LogP contribution < -0.4 is 10.6 Å². The highest BCUT2D eigenvalue weighted by atomic mass is 35.5. The molecule has 0 aliphatic rings. The molecule has 0 bridgehead atoms. The quantitative estimate of drug-likeness (QED) is 0.432. The van der Waals surface area contributed by atoms with Crippen molar-refractivity contribution in [2.75, 3.05) is 11.9 Å². The van der Waals surface area contributed by atoms with E-state index >= 15 is 0 Å². The molecule has 2 aromatic carbocycles. The van der Waals surface area contributed by atoms with Gasteiger partial charge in [-0.25, -0.2) is 0 Å². The zero-order valence-electron chi connectivity index (χ0n) is 18.3. The van der Waals surface area contributed by atoms with E-state index in [2.05, 4.69) is 43.4 Å². The summed E-state index contributed by atoms with van der Waals surface area (Å²) in [7, 11) is 0. The summed E-state index contributed by atoms with van der Waals surface area (Å²) in [6.07, 6.45) is 1.63. The molecule has 0 fully saturated rings. The minimum absolute atomic E-state index is 0.121. The molecule has 0 atom stereocenters. The van der Waals surface area contributed by atoms with Gasteiger partial charge in [-0.1, -0.05) is 56.1 Å². The van der Waals surface area contributed by atoms with Gasteiger partial charge in [0.25, 0.3) is 5.91 Å². The third-order valence-corrected chi connectivity index (χ3v) is 5.89. The number of benzene rings is 2. The Labute approximate surface area is 193 Å². The SMILES string of the molecule is CCNCc1ccc(NC(=O)c2cnn(Cc3ccc(Cl)c(Cl)c3)c2C(C)C)cc1C. The molecule has 1 aromatic heterocycles. The lowest BCUT2D eigenvalue weighted by atomic mass is 10.0. The van der Waals surface area contributed by atoms with Crippen LogP contribution in [0.3, 0.4) is 0 Å². The summed E-state index contributed by atoms with van der Waals surface area (Å²) in [6.45, 7) is 10.5. The fourth-order valence-electron chi connectivity index (χ4n) is 3.55. The van der Waals surface area contributed by atoms with Gasteiger partial charge in [-0.05, 0) is 60.3 Å². The third kappa shape index (κ3) is 5.67. The summed E-state index contributed by atoms with van der Waals surface area (Å²) < 4.78 is 1.85. The van der Waals surface area contributed by atoms with Gasteiger partial charge in [0.05, 0.1) is 34.0 Å². The number of carbonyl (C=O) groups is 1. The molecule has 2 N–H and O–H groups in total. The number of aromatic nitrogens is 2. The van der Waals surface area contributed by atoms with E-state index in [1.165, 1.54) is 5.56 Å². The molecule has 31 heavy (non-hydrogen) atoms. The normalized spacial score (nSPS) is 11.2. The van der Waals surface area contributed by atoms with E-state index < -0.39 is 0 Å². The zero-order chi connectivity index (χ0) is 22.5. The topological polar surface area (TPSA) is 58.9 Å². The Morgan fingerprint density at radius 1 is 1.13 bits per heavy atom. The molecule has 3 aromatic rings. The maximum atomic E-state index is 13.1. The van der Waals surface area contributed by atoms with Crippen LogP contribution in [0.1, 0.15) is 59.4 Å².